The molecular formula is C21H23F2N3. The van der Waals surface area contributed by atoms with Gasteiger partial charge in [-0.3, -0.25) is 4.98 Å². The summed E-state index contributed by atoms with van der Waals surface area (Å²) in [5.74, 6) is 1.01. The fourth-order valence-corrected chi connectivity index (χ4v) is 4.43. The van der Waals surface area contributed by atoms with E-state index < -0.39 is 11.6 Å². The number of pyridine rings is 2. The van der Waals surface area contributed by atoms with Gasteiger partial charge in [0.05, 0.1) is 12.4 Å². The van der Waals surface area contributed by atoms with Crippen molar-refractivity contribution in [1.29, 1.82) is 0 Å². The van der Waals surface area contributed by atoms with Crippen molar-refractivity contribution in [3.8, 4) is 0 Å². The predicted octanol–water partition coefficient (Wildman–Crippen LogP) is 5.35. The van der Waals surface area contributed by atoms with Gasteiger partial charge in [-0.15, -0.1) is 0 Å². The van der Waals surface area contributed by atoms with Gasteiger partial charge in [-0.1, -0.05) is 12.0 Å². The SMILES string of the molecule is CC1=C(c2ccc(NCc3c(F)cncc3F)nc2)CC2CCCC2C1. The lowest BCUT2D eigenvalue weighted by atomic mass is 9.76. The van der Waals surface area contributed by atoms with Crippen LogP contribution in [-0.2, 0) is 6.54 Å². The highest BCUT2D eigenvalue weighted by molar-refractivity contribution is 5.69. The Morgan fingerprint density at radius 2 is 1.77 bits per heavy atom. The molecule has 2 unspecified atom stereocenters. The third kappa shape index (κ3) is 3.35. The third-order valence-corrected chi connectivity index (χ3v) is 5.88. The number of hydrogen-bond donors (Lipinski definition) is 1. The first kappa shape index (κ1) is 17.1. The van der Waals surface area contributed by atoms with E-state index in [4.69, 9.17) is 0 Å². The zero-order valence-corrected chi connectivity index (χ0v) is 14.9. The molecule has 5 heteroatoms. The second-order valence-corrected chi connectivity index (χ2v) is 7.49. The number of anilines is 1. The second-order valence-electron chi connectivity index (χ2n) is 7.49. The minimum atomic E-state index is -0.650. The van der Waals surface area contributed by atoms with Crippen molar-refractivity contribution in [1.82, 2.24) is 9.97 Å². The van der Waals surface area contributed by atoms with Gasteiger partial charge in [0.25, 0.3) is 0 Å². The Morgan fingerprint density at radius 1 is 1.04 bits per heavy atom. The molecule has 0 bridgehead atoms. The van der Waals surface area contributed by atoms with Gasteiger partial charge < -0.3 is 5.32 Å². The molecule has 0 amide bonds. The van der Waals surface area contributed by atoms with Crippen LogP contribution in [0.1, 0.15) is 50.2 Å². The lowest BCUT2D eigenvalue weighted by Gasteiger charge is -2.29. The van der Waals surface area contributed by atoms with Crippen LogP contribution in [0.4, 0.5) is 14.6 Å². The van der Waals surface area contributed by atoms with E-state index in [9.17, 15) is 8.78 Å². The van der Waals surface area contributed by atoms with Crippen molar-refractivity contribution in [2.24, 2.45) is 11.8 Å². The van der Waals surface area contributed by atoms with E-state index in [1.165, 1.54) is 42.4 Å². The Hall–Kier alpha value is -2.30. The van der Waals surface area contributed by atoms with Crippen LogP contribution in [0.25, 0.3) is 5.57 Å². The summed E-state index contributed by atoms with van der Waals surface area (Å²) in [7, 11) is 0. The molecule has 136 valence electrons. The molecule has 0 aromatic carbocycles. The van der Waals surface area contributed by atoms with E-state index in [1.807, 2.05) is 12.3 Å². The van der Waals surface area contributed by atoms with Crippen LogP contribution >= 0.6 is 0 Å². The number of fused-ring (bicyclic) bond motifs is 1. The van der Waals surface area contributed by atoms with E-state index in [-0.39, 0.29) is 12.1 Å². The van der Waals surface area contributed by atoms with E-state index in [2.05, 4.69) is 28.3 Å². The Bertz CT molecular complexity index is 809. The lowest BCUT2D eigenvalue weighted by Crippen LogP contribution is -2.15. The lowest BCUT2D eigenvalue weighted by molar-refractivity contribution is 0.376. The predicted molar refractivity (Wildman–Crippen MR) is 98.4 cm³/mol. The Morgan fingerprint density at radius 3 is 2.46 bits per heavy atom. The van der Waals surface area contributed by atoms with Crippen LogP contribution in [0.3, 0.4) is 0 Å². The molecule has 2 aromatic heterocycles. The number of hydrogen-bond acceptors (Lipinski definition) is 3. The van der Waals surface area contributed by atoms with Crippen LogP contribution in [0, 0.1) is 23.5 Å². The number of aromatic nitrogens is 2. The summed E-state index contributed by atoms with van der Waals surface area (Å²) in [5, 5.41) is 2.99. The number of halogens is 2. The van der Waals surface area contributed by atoms with Crippen LogP contribution in [0.2, 0.25) is 0 Å². The van der Waals surface area contributed by atoms with Crippen molar-refractivity contribution < 1.29 is 8.78 Å². The first-order chi connectivity index (χ1) is 12.6. The highest BCUT2D eigenvalue weighted by Gasteiger charge is 2.32. The summed E-state index contributed by atoms with van der Waals surface area (Å²) in [6.45, 7) is 2.28. The van der Waals surface area contributed by atoms with Crippen LogP contribution in [0.5, 0.6) is 0 Å². The van der Waals surface area contributed by atoms with Crippen LogP contribution < -0.4 is 5.32 Å². The Kier molecular flexibility index (Phi) is 4.70. The molecule has 2 atom stereocenters. The zero-order chi connectivity index (χ0) is 18.1. The minimum Gasteiger partial charge on any atom is -0.366 e. The van der Waals surface area contributed by atoms with Gasteiger partial charge >= 0.3 is 0 Å². The first-order valence-electron chi connectivity index (χ1n) is 9.28. The third-order valence-electron chi connectivity index (χ3n) is 5.88. The molecule has 0 saturated heterocycles. The van der Waals surface area contributed by atoms with Crippen molar-refractivity contribution >= 4 is 11.4 Å². The maximum Gasteiger partial charge on any atom is 0.149 e. The summed E-state index contributed by atoms with van der Waals surface area (Å²) in [4.78, 5) is 7.94. The number of nitrogens with one attached hydrogen (secondary N) is 1. The average Bonchev–Trinajstić information content (AvgIpc) is 3.08. The van der Waals surface area contributed by atoms with Gasteiger partial charge in [-0.05, 0) is 67.7 Å². The Balaban J connectivity index is 1.46. The van der Waals surface area contributed by atoms with E-state index >= 15 is 0 Å². The molecule has 0 aliphatic heterocycles. The summed E-state index contributed by atoms with van der Waals surface area (Å²) in [6, 6.07) is 3.94. The normalized spacial score (nSPS) is 22.4. The minimum absolute atomic E-state index is 0.0241. The molecule has 4 rings (SSSR count). The molecule has 2 aromatic rings. The maximum atomic E-state index is 13.6. The summed E-state index contributed by atoms with van der Waals surface area (Å²) in [6.07, 6.45) is 10.3. The van der Waals surface area contributed by atoms with Gasteiger partial charge in [0, 0.05) is 18.3 Å². The molecule has 2 aliphatic rings. The van der Waals surface area contributed by atoms with E-state index in [0.29, 0.717) is 5.82 Å². The number of nitrogens with zero attached hydrogens (tertiary/aromatic N) is 2. The molecule has 2 heterocycles. The molecular weight excluding hydrogens is 332 g/mol. The van der Waals surface area contributed by atoms with Crippen molar-refractivity contribution in [3.05, 3.63) is 59.1 Å². The van der Waals surface area contributed by atoms with Gasteiger partial charge in [-0.25, -0.2) is 13.8 Å². The standard InChI is InChI=1S/C21H23F2N3/c1-13-7-14-3-2-4-15(14)8-17(13)16-5-6-21(25-9-16)26-10-18-19(22)11-24-12-20(18)23/h5-6,9,11-12,14-15H,2-4,7-8,10H2,1H3,(H,25,26). The van der Waals surface area contributed by atoms with Gasteiger partial charge in [0.1, 0.15) is 17.5 Å². The smallest absolute Gasteiger partial charge is 0.149 e. The second kappa shape index (κ2) is 7.14. The molecule has 3 nitrogen and oxygen atoms in total. The van der Waals surface area contributed by atoms with Gasteiger partial charge in [0.2, 0.25) is 0 Å². The van der Waals surface area contributed by atoms with E-state index in [1.54, 1.807) is 0 Å². The quantitative estimate of drug-likeness (QED) is 0.803. The summed E-state index contributed by atoms with van der Waals surface area (Å²) in [5.41, 5.74) is 4.05. The maximum absolute atomic E-state index is 13.6. The van der Waals surface area contributed by atoms with Crippen molar-refractivity contribution in [3.63, 3.8) is 0 Å². The van der Waals surface area contributed by atoms with Gasteiger partial charge in [-0.2, -0.15) is 0 Å². The fraction of sp³-hybridized carbons (Fsp3) is 0.429. The molecule has 1 fully saturated rings. The van der Waals surface area contributed by atoms with Crippen molar-refractivity contribution in [2.75, 3.05) is 5.32 Å². The molecule has 1 saturated carbocycles. The van der Waals surface area contributed by atoms with E-state index in [0.717, 1.165) is 30.7 Å². The monoisotopic (exact) mass is 355 g/mol. The molecule has 26 heavy (non-hydrogen) atoms. The summed E-state index contributed by atoms with van der Waals surface area (Å²) < 4.78 is 27.3. The highest BCUT2D eigenvalue weighted by atomic mass is 19.1. The molecule has 1 N–H and O–H groups in total. The molecule has 2 aliphatic carbocycles. The first-order valence-corrected chi connectivity index (χ1v) is 9.28. The number of rotatable bonds is 4. The summed E-state index contributed by atoms with van der Waals surface area (Å²) >= 11 is 0. The molecule has 0 spiro atoms. The van der Waals surface area contributed by atoms with Crippen LogP contribution in [0.15, 0.2) is 36.3 Å². The highest BCUT2D eigenvalue weighted by Crippen LogP contribution is 2.46. The largest absolute Gasteiger partial charge is 0.366 e. The topological polar surface area (TPSA) is 37.8 Å². The fourth-order valence-electron chi connectivity index (χ4n) is 4.43. The molecule has 0 radical (unpaired) electrons. The average molecular weight is 355 g/mol. The number of allylic oxidation sites excluding steroid dienone is 2. The zero-order valence-electron chi connectivity index (χ0n) is 14.9. The Labute approximate surface area is 152 Å². The van der Waals surface area contributed by atoms with Crippen LogP contribution in [-0.4, -0.2) is 9.97 Å². The van der Waals surface area contributed by atoms with Crippen molar-refractivity contribution in [2.45, 2.75) is 45.6 Å². The van der Waals surface area contributed by atoms with Gasteiger partial charge in [0.15, 0.2) is 0 Å².